The zero-order valence-electron chi connectivity index (χ0n) is 46.9. The van der Waals surface area contributed by atoms with Crippen LogP contribution in [0.15, 0.2) is 67.7 Å². The Morgan fingerprint density at radius 1 is 0.615 bits per heavy atom. The zero-order chi connectivity index (χ0) is 58.0. The molecule has 23 nitrogen and oxygen atoms in total. The average molecular weight is 1110 g/mol. The van der Waals surface area contributed by atoms with E-state index in [1.165, 1.54) is 47.2 Å². The van der Waals surface area contributed by atoms with Crippen molar-refractivity contribution in [2.75, 3.05) is 27.3 Å². The molecule has 4 N–H and O–H groups in total. The SMILES string of the molecule is CC(C)(C)OC(=O)N1CCC[C@H]1C(=O)O.COC(=O)C(Cc1ccc(-c2c(C)n(C)c(=O)n(C)c2=O)cc1)NC(=O)C1CCCN1C(=O)OC(C)(C)C.COC(=O)C(N)Cc1ccc(-c2c(C)n(C)c(=O)n(C)c2=O)cc1.Cl. The molecule has 3 amide bonds. The van der Waals surface area contributed by atoms with Crippen molar-refractivity contribution in [2.45, 2.75) is 129 Å². The molecule has 4 aromatic rings. The van der Waals surface area contributed by atoms with Crippen LogP contribution in [0.5, 0.6) is 0 Å². The van der Waals surface area contributed by atoms with Crippen LogP contribution in [0.3, 0.4) is 0 Å². The molecule has 2 fully saturated rings. The number of nitrogens with zero attached hydrogens (tertiary/aromatic N) is 6. The van der Waals surface area contributed by atoms with Gasteiger partial charge in [0, 0.05) is 59.1 Å². The molecule has 2 aliphatic heterocycles. The first-order valence-electron chi connectivity index (χ1n) is 25.0. The second kappa shape index (κ2) is 27.2. The zero-order valence-corrected chi connectivity index (χ0v) is 47.7. The Morgan fingerprint density at radius 3 is 1.36 bits per heavy atom. The highest BCUT2D eigenvalue weighted by molar-refractivity contribution is 5.90. The highest BCUT2D eigenvalue weighted by Crippen LogP contribution is 2.25. The summed E-state index contributed by atoms with van der Waals surface area (Å²) >= 11 is 0. The number of ether oxygens (including phenoxy) is 4. The summed E-state index contributed by atoms with van der Waals surface area (Å²) in [5.74, 6) is -2.50. The molecule has 0 radical (unpaired) electrons. The summed E-state index contributed by atoms with van der Waals surface area (Å²) < 4.78 is 25.1. The van der Waals surface area contributed by atoms with Gasteiger partial charge in [0.25, 0.3) is 11.1 Å². The Balaban J connectivity index is 0.000000340. The molecular formula is C54H75ClN8O15. The summed E-state index contributed by atoms with van der Waals surface area (Å²) in [7, 11) is 8.66. The predicted molar refractivity (Wildman–Crippen MR) is 292 cm³/mol. The maximum absolute atomic E-state index is 13.1. The first-order chi connectivity index (χ1) is 35.8. The number of aliphatic carboxylic acids is 1. The lowest BCUT2D eigenvalue weighted by Crippen LogP contribution is -2.52. The van der Waals surface area contributed by atoms with Gasteiger partial charge in [0.1, 0.15) is 35.4 Å². The quantitative estimate of drug-likeness (QED) is 0.143. The topological polar surface area (TPSA) is 292 Å². The number of likely N-dealkylation sites (tertiary alicyclic amines) is 2. The van der Waals surface area contributed by atoms with Crippen molar-refractivity contribution >= 4 is 48.4 Å². The van der Waals surface area contributed by atoms with Crippen molar-refractivity contribution in [3.05, 3.63) is 113 Å². The number of carboxylic acid groups (broad SMARTS) is 1. The summed E-state index contributed by atoms with van der Waals surface area (Å²) in [5.41, 5.74) is 7.90. The van der Waals surface area contributed by atoms with Crippen LogP contribution in [0, 0.1) is 13.8 Å². The smallest absolute Gasteiger partial charge is 0.411 e. The van der Waals surface area contributed by atoms with Gasteiger partial charge in [-0.2, -0.15) is 0 Å². The molecule has 2 aromatic heterocycles. The predicted octanol–water partition coefficient (Wildman–Crippen LogP) is 3.65. The number of hydrogen-bond acceptors (Lipinski definition) is 15. The molecule has 0 saturated carbocycles. The van der Waals surface area contributed by atoms with Crippen LogP contribution in [0.1, 0.15) is 89.7 Å². The number of methoxy groups -OCH3 is 2. The van der Waals surface area contributed by atoms with E-state index in [1.807, 2.05) is 12.1 Å². The van der Waals surface area contributed by atoms with Crippen molar-refractivity contribution < 1.29 is 52.8 Å². The standard InChI is InChI=1S/C27H36N4O7.C17H21N3O4.C10H17NO4.ClH/c1-16-21(23(33)30(6)25(35)29(16)5)18-12-10-17(11-13-18)15-19(24(34)37-7)28-22(32)20-9-8-14-31(20)26(36)38-27(2,3)4;1-10-14(15(21)20(3)17(23)19(10)2)12-7-5-11(6-8-12)9-13(18)16(22)24-4;1-10(2,3)15-9(14)11-6-4-5-7(11)8(12)13;/h10-13,19-20H,8-9,14-15H2,1-7H3,(H,28,32);5-8,13H,9,18H2,1-4H3;7H,4-6H2,1-3H3,(H,12,13);1H/t;;7-;/m..0./s1. The minimum atomic E-state index is -0.980. The minimum Gasteiger partial charge on any atom is -0.480 e. The maximum atomic E-state index is 13.1. The highest BCUT2D eigenvalue weighted by atomic mass is 35.5. The van der Waals surface area contributed by atoms with Gasteiger partial charge in [0.15, 0.2) is 0 Å². The van der Waals surface area contributed by atoms with Gasteiger partial charge in [0.05, 0.1) is 25.3 Å². The molecule has 6 rings (SSSR count). The van der Waals surface area contributed by atoms with E-state index in [0.29, 0.717) is 72.4 Å². The number of carbonyl (C=O) groups is 6. The molecule has 78 heavy (non-hydrogen) atoms. The lowest BCUT2D eigenvalue weighted by Gasteiger charge is -2.28. The fourth-order valence-corrected chi connectivity index (χ4v) is 8.64. The molecule has 2 aromatic carbocycles. The normalized spacial score (nSPS) is 15.7. The van der Waals surface area contributed by atoms with Gasteiger partial charge in [-0.15, -0.1) is 12.4 Å². The van der Waals surface area contributed by atoms with Gasteiger partial charge in [-0.25, -0.2) is 28.8 Å². The Kier molecular flexibility index (Phi) is 22.6. The molecule has 428 valence electrons. The van der Waals surface area contributed by atoms with Crippen molar-refractivity contribution in [3.63, 3.8) is 0 Å². The largest absolute Gasteiger partial charge is 0.480 e. The second-order valence-corrected chi connectivity index (χ2v) is 20.9. The van der Waals surface area contributed by atoms with Crippen LogP contribution >= 0.6 is 12.4 Å². The second-order valence-electron chi connectivity index (χ2n) is 20.9. The van der Waals surface area contributed by atoms with Gasteiger partial charge in [-0.05, 0) is 110 Å². The van der Waals surface area contributed by atoms with Crippen LogP contribution in [0.4, 0.5) is 9.59 Å². The molecule has 2 aliphatic rings. The van der Waals surface area contributed by atoms with E-state index in [4.69, 9.17) is 25.1 Å². The first kappa shape index (κ1) is 64.8. The van der Waals surface area contributed by atoms with Gasteiger partial charge in [0.2, 0.25) is 5.91 Å². The van der Waals surface area contributed by atoms with E-state index >= 15 is 0 Å². The monoisotopic (exact) mass is 1110 g/mol. The number of aromatic nitrogens is 4. The van der Waals surface area contributed by atoms with Crippen LogP contribution < -0.4 is 33.5 Å². The summed E-state index contributed by atoms with van der Waals surface area (Å²) in [6, 6.07) is 11.0. The van der Waals surface area contributed by atoms with E-state index in [1.54, 1.807) is 106 Å². The number of nitrogens with two attached hydrogens (primary N) is 1. The highest BCUT2D eigenvalue weighted by Gasteiger charge is 2.39. The summed E-state index contributed by atoms with van der Waals surface area (Å²) in [4.78, 5) is 124. The van der Waals surface area contributed by atoms with E-state index in [2.05, 4.69) is 10.1 Å². The average Bonchev–Trinajstić information content (AvgIpc) is 4.09. The van der Waals surface area contributed by atoms with E-state index in [0.717, 1.165) is 26.7 Å². The molecule has 3 unspecified atom stereocenters. The molecule has 4 atom stereocenters. The Labute approximate surface area is 458 Å². The summed E-state index contributed by atoms with van der Waals surface area (Å²) in [6.45, 7) is 14.8. The number of rotatable bonds is 11. The van der Waals surface area contributed by atoms with Gasteiger partial charge in [-0.3, -0.25) is 38.1 Å². The summed E-state index contributed by atoms with van der Waals surface area (Å²) in [6.07, 6.45) is 1.71. The fraction of sp³-hybridized carbons (Fsp3) is 0.519. The van der Waals surface area contributed by atoms with Gasteiger partial charge in [-0.1, -0.05) is 48.5 Å². The van der Waals surface area contributed by atoms with Crippen LogP contribution in [-0.4, -0.2) is 132 Å². The summed E-state index contributed by atoms with van der Waals surface area (Å²) in [5, 5.41) is 11.6. The van der Waals surface area contributed by atoms with Crippen molar-refractivity contribution in [1.29, 1.82) is 0 Å². The van der Waals surface area contributed by atoms with E-state index in [-0.39, 0.29) is 30.1 Å². The van der Waals surface area contributed by atoms with Crippen LogP contribution in [0.2, 0.25) is 0 Å². The number of nitrogens with one attached hydrogen (secondary N) is 1. The van der Waals surface area contributed by atoms with Crippen LogP contribution in [-0.2, 0) is 79.2 Å². The molecule has 0 spiro atoms. The number of benzene rings is 2. The fourth-order valence-electron chi connectivity index (χ4n) is 8.64. The number of esters is 2. The Bertz CT molecular complexity index is 3080. The van der Waals surface area contributed by atoms with Crippen molar-refractivity contribution in [1.82, 2.24) is 33.4 Å². The lowest BCUT2D eigenvalue weighted by molar-refractivity contribution is -0.145. The Morgan fingerprint density at radius 2 is 0.987 bits per heavy atom. The van der Waals surface area contributed by atoms with E-state index < -0.39 is 82.6 Å². The third-order valence-electron chi connectivity index (χ3n) is 13.0. The Hall–Kier alpha value is -7.53. The van der Waals surface area contributed by atoms with Gasteiger partial charge >= 0.3 is 41.5 Å². The maximum Gasteiger partial charge on any atom is 0.411 e. The molecular weight excluding hydrogens is 1040 g/mol. The molecule has 2 saturated heterocycles. The molecule has 4 heterocycles. The van der Waals surface area contributed by atoms with Crippen molar-refractivity contribution in [2.24, 2.45) is 33.9 Å². The molecule has 24 heteroatoms. The number of amides is 3. The third-order valence-corrected chi connectivity index (χ3v) is 13.0. The molecule has 0 aliphatic carbocycles. The first-order valence-corrected chi connectivity index (χ1v) is 25.0. The van der Waals surface area contributed by atoms with Gasteiger partial charge < -0.3 is 44.2 Å². The number of halogens is 1. The molecule has 0 bridgehead atoms. The number of carboxylic acids is 1. The third kappa shape index (κ3) is 16.3. The number of carbonyl (C=O) groups excluding carboxylic acids is 5. The van der Waals surface area contributed by atoms with Crippen LogP contribution in [0.25, 0.3) is 22.3 Å². The minimum absolute atomic E-state index is 0. The van der Waals surface area contributed by atoms with Crippen molar-refractivity contribution in [3.8, 4) is 22.3 Å². The number of hydrogen-bond donors (Lipinski definition) is 3. The lowest BCUT2D eigenvalue weighted by atomic mass is 10.00. The van der Waals surface area contributed by atoms with E-state index in [9.17, 15) is 47.9 Å².